The third-order valence-electron chi connectivity index (χ3n) is 5.29. The number of hydrogen-bond donors (Lipinski definition) is 0. The Balaban J connectivity index is 1.76. The maximum Gasteiger partial charge on any atom is 0.229 e. The third-order valence-corrected chi connectivity index (χ3v) is 6.74. The van der Waals surface area contributed by atoms with E-state index in [1.165, 1.54) is 10.4 Å². The molecule has 0 bridgehead atoms. The van der Waals surface area contributed by atoms with Gasteiger partial charge in [0.25, 0.3) is 0 Å². The summed E-state index contributed by atoms with van der Waals surface area (Å²) >= 11 is 7.88. The third kappa shape index (κ3) is 3.07. The van der Waals surface area contributed by atoms with Crippen LogP contribution in [0, 0.1) is 27.7 Å². The summed E-state index contributed by atoms with van der Waals surface area (Å²) in [6.07, 6.45) is 0.447. The van der Waals surface area contributed by atoms with Crippen LogP contribution in [0.2, 0.25) is 5.02 Å². The fraction of sp³-hybridized carbons (Fsp3) is 0.286. The largest absolute Gasteiger partial charge is 0.339 e. The first-order valence-electron chi connectivity index (χ1n) is 9.58. The van der Waals surface area contributed by atoms with E-state index in [4.69, 9.17) is 21.1 Å². The first kappa shape index (κ1) is 19.1. The van der Waals surface area contributed by atoms with Crippen molar-refractivity contribution in [3.63, 3.8) is 0 Å². The summed E-state index contributed by atoms with van der Waals surface area (Å²) in [6, 6.07) is 7.48. The van der Waals surface area contributed by atoms with Gasteiger partial charge in [-0.2, -0.15) is 4.98 Å². The maximum atomic E-state index is 6.15. The quantitative estimate of drug-likeness (QED) is 0.461. The van der Waals surface area contributed by atoms with E-state index in [0.29, 0.717) is 23.2 Å². The minimum atomic E-state index is -0.309. The van der Waals surface area contributed by atoms with Crippen molar-refractivity contribution >= 4 is 28.6 Å². The molecule has 4 aromatic rings. The van der Waals surface area contributed by atoms with Crippen LogP contribution in [-0.2, 0) is 6.42 Å². The van der Waals surface area contributed by atoms with Gasteiger partial charge in [0, 0.05) is 21.0 Å². The van der Waals surface area contributed by atoms with Gasteiger partial charge < -0.3 is 4.52 Å². The highest BCUT2D eigenvalue weighted by atomic mass is 35.5. The second-order valence-electron chi connectivity index (χ2n) is 7.34. The molecular weight excluding hydrogens is 420 g/mol. The second-order valence-corrected chi connectivity index (χ2v) is 8.98. The number of aliphatic imine (C=N–C) groups is 1. The molecular formula is C21H19ClN6OS. The topological polar surface area (TPSA) is 82.0 Å². The van der Waals surface area contributed by atoms with Crippen LogP contribution in [0.1, 0.15) is 51.0 Å². The maximum absolute atomic E-state index is 6.15. The van der Waals surface area contributed by atoms with Crippen molar-refractivity contribution in [1.29, 1.82) is 0 Å². The molecule has 0 saturated heterocycles. The molecule has 4 heterocycles. The van der Waals surface area contributed by atoms with Crippen LogP contribution in [0.15, 0.2) is 33.8 Å². The molecule has 3 aromatic heterocycles. The van der Waals surface area contributed by atoms with Gasteiger partial charge in [0.15, 0.2) is 11.6 Å². The molecule has 152 valence electrons. The number of hydrogen-bond acceptors (Lipinski definition) is 7. The monoisotopic (exact) mass is 438 g/mol. The average molecular weight is 439 g/mol. The van der Waals surface area contributed by atoms with E-state index in [0.717, 1.165) is 33.5 Å². The van der Waals surface area contributed by atoms with Crippen LogP contribution in [0.3, 0.4) is 0 Å². The average Bonchev–Trinajstić information content (AvgIpc) is 3.35. The van der Waals surface area contributed by atoms with Gasteiger partial charge in [-0.3, -0.25) is 9.56 Å². The molecule has 0 unspecified atom stereocenters. The molecule has 5 rings (SSSR count). The van der Waals surface area contributed by atoms with Crippen LogP contribution >= 0.6 is 22.9 Å². The highest BCUT2D eigenvalue weighted by Gasteiger charge is 2.32. The van der Waals surface area contributed by atoms with Crippen LogP contribution in [0.25, 0.3) is 5.00 Å². The van der Waals surface area contributed by atoms with Gasteiger partial charge in [-0.15, -0.1) is 21.5 Å². The highest BCUT2D eigenvalue weighted by molar-refractivity contribution is 7.15. The zero-order valence-electron chi connectivity index (χ0n) is 17.0. The smallest absolute Gasteiger partial charge is 0.229 e. The van der Waals surface area contributed by atoms with Crippen molar-refractivity contribution in [3.05, 3.63) is 74.2 Å². The summed E-state index contributed by atoms with van der Waals surface area (Å²) in [5.41, 5.74) is 4.23. The second kappa shape index (κ2) is 7.14. The molecule has 9 heteroatoms. The van der Waals surface area contributed by atoms with E-state index in [9.17, 15) is 0 Å². The van der Waals surface area contributed by atoms with Crippen molar-refractivity contribution in [3.8, 4) is 5.00 Å². The first-order chi connectivity index (χ1) is 14.4. The molecule has 1 atom stereocenters. The Morgan fingerprint density at radius 3 is 2.57 bits per heavy atom. The Bertz CT molecular complexity index is 1280. The van der Waals surface area contributed by atoms with Crippen LogP contribution in [0.4, 0.5) is 0 Å². The molecule has 0 N–H and O–H groups in total. The number of halogens is 1. The lowest BCUT2D eigenvalue weighted by Crippen LogP contribution is -2.09. The zero-order chi connectivity index (χ0) is 21.0. The molecule has 0 fully saturated rings. The summed E-state index contributed by atoms with van der Waals surface area (Å²) in [5, 5.41) is 14.5. The van der Waals surface area contributed by atoms with Gasteiger partial charge in [-0.05, 0) is 45.4 Å². The number of fused-ring (bicyclic) bond motifs is 3. The van der Waals surface area contributed by atoms with Crippen molar-refractivity contribution in [1.82, 2.24) is 24.9 Å². The normalized spacial score (nSPS) is 15.5. The van der Waals surface area contributed by atoms with E-state index in [-0.39, 0.29) is 6.04 Å². The fourth-order valence-corrected chi connectivity index (χ4v) is 5.06. The molecule has 7 nitrogen and oxygen atoms in total. The number of aromatic nitrogens is 5. The van der Waals surface area contributed by atoms with Gasteiger partial charge in [0.1, 0.15) is 16.9 Å². The minimum absolute atomic E-state index is 0.309. The summed E-state index contributed by atoms with van der Waals surface area (Å²) in [7, 11) is 0. The molecule has 1 aliphatic rings. The van der Waals surface area contributed by atoms with E-state index in [1.54, 1.807) is 18.3 Å². The molecule has 0 spiro atoms. The SMILES string of the molecule is Cc1noc(C[C@@H]2N=C(c3ccc(Cl)cc3)c3c(sc(C)c3C)-n3c(C)nnc32)n1. The zero-order valence-corrected chi connectivity index (χ0v) is 18.5. The summed E-state index contributed by atoms with van der Waals surface area (Å²) in [5.74, 6) is 2.73. The summed E-state index contributed by atoms with van der Waals surface area (Å²) in [6.45, 7) is 8.04. The molecule has 0 amide bonds. The van der Waals surface area contributed by atoms with Crippen LogP contribution in [0.5, 0.6) is 0 Å². The number of thiophene rings is 1. The first-order valence-corrected chi connectivity index (χ1v) is 10.8. The number of aryl methyl sites for hydroxylation is 3. The van der Waals surface area contributed by atoms with Gasteiger partial charge in [0.05, 0.1) is 12.1 Å². The molecule has 0 aliphatic carbocycles. The highest BCUT2D eigenvalue weighted by Crippen LogP contribution is 2.39. The molecule has 0 radical (unpaired) electrons. The van der Waals surface area contributed by atoms with E-state index in [1.807, 2.05) is 31.2 Å². The summed E-state index contributed by atoms with van der Waals surface area (Å²) in [4.78, 5) is 10.8. The molecule has 0 saturated carbocycles. The minimum Gasteiger partial charge on any atom is -0.339 e. The van der Waals surface area contributed by atoms with Crippen LogP contribution < -0.4 is 0 Å². The Morgan fingerprint density at radius 2 is 1.87 bits per heavy atom. The lowest BCUT2D eigenvalue weighted by Gasteiger charge is -2.11. The van der Waals surface area contributed by atoms with Crippen molar-refractivity contribution in [2.75, 3.05) is 0 Å². The predicted molar refractivity (Wildman–Crippen MR) is 116 cm³/mol. The van der Waals surface area contributed by atoms with Gasteiger partial charge in [-0.1, -0.05) is 28.9 Å². The Hall–Kier alpha value is -2.84. The van der Waals surface area contributed by atoms with Gasteiger partial charge >= 0.3 is 0 Å². The molecule has 30 heavy (non-hydrogen) atoms. The molecule has 1 aliphatic heterocycles. The number of rotatable bonds is 3. The van der Waals surface area contributed by atoms with Crippen molar-refractivity contribution in [2.24, 2.45) is 4.99 Å². The van der Waals surface area contributed by atoms with Crippen molar-refractivity contribution < 1.29 is 4.52 Å². The Labute approximate surface area is 182 Å². The Kier molecular flexibility index (Phi) is 4.56. The fourth-order valence-electron chi connectivity index (χ4n) is 3.72. The van der Waals surface area contributed by atoms with Crippen molar-refractivity contribution in [2.45, 2.75) is 40.2 Å². The standard InChI is InChI=1S/C21H19ClN6OS/c1-10-11(2)30-21-18(10)19(14-5-7-15(22)8-6-14)24-16(9-17-23-12(3)27-29-17)20-26-25-13(4)28(20)21/h5-8,16H,9H2,1-4H3/t16-/m0/s1. The van der Waals surface area contributed by atoms with Crippen LogP contribution in [-0.4, -0.2) is 30.6 Å². The number of benzene rings is 1. The lowest BCUT2D eigenvalue weighted by molar-refractivity contribution is 0.365. The summed E-state index contributed by atoms with van der Waals surface area (Å²) < 4.78 is 7.50. The van der Waals surface area contributed by atoms with E-state index in [2.05, 4.69) is 38.8 Å². The predicted octanol–water partition coefficient (Wildman–Crippen LogP) is 4.73. The van der Waals surface area contributed by atoms with E-state index < -0.39 is 0 Å². The Morgan fingerprint density at radius 1 is 1.10 bits per heavy atom. The number of nitrogens with zero attached hydrogens (tertiary/aromatic N) is 6. The molecule has 1 aromatic carbocycles. The van der Waals surface area contributed by atoms with E-state index >= 15 is 0 Å². The lowest BCUT2D eigenvalue weighted by atomic mass is 9.99. The van der Waals surface area contributed by atoms with Gasteiger partial charge in [0.2, 0.25) is 5.89 Å². The van der Waals surface area contributed by atoms with Gasteiger partial charge in [-0.25, -0.2) is 0 Å².